The smallest absolute Gasteiger partial charge is 0.296 e. The lowest BCUT2D eigenvalue weighted by molar-refractivity contribution is 0.254. The highest BCUT2D eigenvalue weighted by atomic mass is 32.1. The van der Waals surface area contributed by atoms with Crippen molar-refractivity contribution in [2.24, 2.45) is 0 Å². The van der Waals surface area contributed by atoms with Crippen molar-refractivity contribution in [3.8, 4) is 22.7 Å². The lowest BCUT2D eigenvalue weighted by Crippen LogP contribution is -2.28. The molecular weight excluding hydrogens is 522 g/mol. The Morgan fingerprint density at radius 1 is 1.00 bits per heavy atom. The molecule has 0 aliphatic carbocycles. The summed E-state index contributed by atoms with van der Waals surface area (Å²) in [6.45, 7) is 2.05. The minimum absolute atomic E-state index is 0.134. The minimum Gasteiger partial charge on any atom is -0.490 e. The number of aromatic nitrogens is 5. The van der Waals surface area contributed by atoms with Gasteiger partial charge in [0.05, 0.1) is 10.2 Å². The predicted octanol–water partition coefficient (Wildman–Crippen LogP) is 3.83. The van der Waals surface area contributed by atoms with Crippen LogP contribution in [0.15, 0.2) is 94.6 Å². The summed E-state index contributed by atoms with van der Waals surface area (Å²) in [7, 11) is 0. The molecule has 6 aromatic rings. The Bertz CT molecular complexity index is 2050. The van der Waals surface area contributed by atoms with E-state index < -0.39 is 5.56 Å². The standard InChI is InChI=1S/C31H23N5O3S/c1-19-14-22-16-21(12-13-26(22)39-19)28-23(18-35(34-28)24-10-6-3-7-11-24)17-27-30(38)36-31(40-27)32-29(37)25(33-36)15-20-8-4-2-5-9-20/h2-13,16-19H,14-15H2,1H3/b27-17-. The molecule has 196 valence electrons. The van der Waals surface area contributed by atoms with Crippen molar-refractivity contribution >= 4 is 22.4 Å². The van der Waals surface area contributed by atoms with Gasteiger partial charge in [0.25, 0.3) is 11.1 Å². The van der Waals surface area contributed by atoms with E-state index in [-0.39, 0.29) is 22.3 Å². The maximum absolute atomic E-state index is 13.5. The molecular formula is C31H23N5O3S. The van der Waals surface area contributed by atoms with Gasteiger partial charge in [0, 0.05) is 30.2 Å². The van der Waals surface area contributed by atoms with Crippen LogP contribution in [0.3, 0.4) is 0 Å². The molecule has 1 atom stereocenters. The molecule has 40 heavy (non-hydrogen) atoms. The average molecular weight is 546 g/mol. The molecule has 4 heterocycles. The van der Waals surface area contributed by atoms with Crippen molar-refractivity contribution < 1.29 is 4.74 Å². The molecule has 0 bridgehead atoms. The number of para-hydroxylation sites is 1. The van der Waals surface area contributed by atoms with Gasteiger partial charge in [0.1, 0.15) is 23.2 Å². The van der Waals surface area contributed by atoms with Crippen molar-refractivity contribution in [2.45, 2.75) is 25.9 Å². The Labute approximate surface area is 232 Å². The van der Waals surface area contributed by atoms with Crippen LogP contribution in [-0.2, 0) is 12.8 Å². The Morgan fingerprint density at radius 2 is 1.77 bits per heavy atom. The van der Waals surface area contributed by atoms with Crippen LogP contribution in [0.25, 0.3) is 28.0 Å². The van der Waals surface area contributed by atoms with Crippen molar-refractivity contribution in [1.82, 2.24) is 24.4 Å². The normalized spacial score (nSPS) is 14.9. The van der Waals surface area contributed by atoms with Gasteiger partial charge < -0.3 is 4.74 Å². The molecule has 1 aliphatic heterocycles. The Hall–Kier alpha value is -4.89. The SMILES string of the molecule is CC1Cc2cc(-c3nn(-c4ccccc4)cc3/C=c3\sc4nc(=O)c(Cc5ccccc5)nn4c3=O)ccc2O1. The fourth-order valence-corrected chi connectivity index (χ4v) is 5.88. The molecule has 0 radical (unpaired) electrons. The molecule has 8 nitrogen and oxygen atoms in total. The van der Waals surface area contributed by atoms with Crippen LogP contribution in [0.1, 0.15) is 29.3 Å². The summed E-state index contributed by atoms with van der Waals surface area (Å²) < 4.78 is 9.34. The fourth-order valence-electron chi connectivity index (χ4n) is 4.98. The van der Waals surface area contributed by atoms with Gasteiger partial charge in [-0.1, -0.05) is 59.9 Å². The molecule has 9 heteroatoms. The number of ether oxygens (including phenoxy) is 1. The van der Waals surface area contributed by atoms with Crippen LogP contribution in [0.2, 0.25) is 0 Å². The van der Waals surface area contributed by atoms with E-state index in [4.69, 9.17) is 9.84 Å². The van der Waals surface area contributed by atoms with Crippen molar-refractivity contribution in [1.29, 1.82) is 0 Å². The third-order valence-corrected chi connectivity index (χ3v) is 7.84. The third-order valence-electron chi connectivity index (χ3n) is 6.88. The molecule has 0 amide bonds. The number of hydrogen-bond acceptors (Lipinski definition) is 7. The van der Waals surface area contributed by atoms with Crippen LogP contribution in [0.4, 0.5) is 0 Å². The van der Waals surface area contributed by atoms with Gasteiger partial charge in [0.2, 0.25) is 4.96 Å². The third kappa shape index (κ3) is 4.40. The highest BCUT2D eigenvalue weighted by molar-refractivity contribution is 7.15. The molecule has 1 unspecified atom stereocenters. The second kappa shape index (κ2) is 9.69. The molecule has 0 N–H and O–H groups in total. The summed E-state index contributed by atoms with van der Waals surface area (Å²) >= 11 is 1.14. The lowest BCUT2D eigenvalue weighted by Gasteiger charge is -2.04. The quantitative estimate of drug-likeness (QED) is 0.327. The number of rotatable bonds is 5. The van der Waals surface area contributed by atoms with E-state index in [0.29, 0.717) is 11.0 Å². The van der Waals surface area contributed by atoms with E-state index in [1.807, 2.05) is 83.7 Å². The van der Waals surface area contributed by atoms with Gasteiger partial charge in [0.15, 0.2) is 0 Å². The molecule has 0 spiro atoms. The first-order valence-corrected chi connectivity index (χ1v) is 13.8. The van der Waals surface area contributed by atoms with E-state index in [1.165, 1.54) is 4.52 Å². The van der Waals surface area contributed by atoms with Gasteiger partial charge >= 0.3 is 0 Å². The number of benzene rings is 3. The summed E-state index contributed by atoms with van der Waals surface area (Å²) in [6, 6.07) is 25.4. The summed E-state index contributed by atoms with van der Waals surface area (Å²) in [5.41, 5.74) is 4.89. The monoisotopic (exact) mass is 545 g/mol. The molecule has 3 aromatic heterocycles. The summed E-state index contributed by atoms with van der Waals surface area (Å²) in [6.07, 6.45) is 4.98. The summed E-state index contributed by atoms with van der Waals surface area (Å²) in [5.74, 6) is 0.892. The zero-order valence-electron chi connectivity index (χ0n) is 21.5. The highest BCUT2D eigenvalue weighted by Gasteiger charge is 2.21. The maximum atomic E-state index is 13.5. The van der Waals surface area contributed by atoms with Gasteiger partial charge in [-0.25, -0.2) is 4.68 Å². The van der Waals surface area contributed by atoms with Gasteiger partial charge in [-0.3, -0.25) is 9.59 Å². The van der Waals surface area contributed by atoms with Crippen LogP contribution in [-0.4, -0.2) is 30.5 Å². The van der Waals surface area contributed by atoms with Crippen LogP contribution < -0.4 is 20.4 Å². The molecule has 0 saturated heterocycles. The van der Waals surface area contributed by atoms with Crippen LogP contribution in [0.5, 0.6) is 5.75 Å². The first-order valence-electron chi connectivity index (χ1n) is 13.0. The number of thiazole rings is 1. The molecule has 1 aliphatic rings. The zero-order valence-corrected chi connectivity index (χ0v) is 22.3. The Kier molecular flexibility index (Phi) is 5.86. The number of hydrogen-bond donors (Lipinski definition) is 0. The van der Waals surface area contributed by atoms with E-state index in [2.05, 4.69) is 23.1 Å². The number of fused-ring (bicyclic) bond motifs is 2. The van der Waals surface area contributed by atoms with Gasteiger partial charge in [-0.05, 0) is 54.5 Å². The summed E-state index contributed by atoms with van der Waals surface area (Å²) in [4.78, 5) is 30.6. The van der Waals surface area contributed by atoms with Crippen LogP contribution in [0, 0.1) is 0 Å². The lowest BCUT2D eigenvalue weighted by atomic mass is 10.0. The van der Waals surface area contributed by atoms with Gasteiger partial charge in [-0.15, -0.1) is 0 Å². The minimum atomic E-state index is -0.427. The predicted molar refractivity (Wildman–Crippen MR) is 154 cm³/mol. The van der Waals surface area contributed by atoms with E-state index in [9.17, 15) is 9.59 Å². The second-order valence-corrected chi connectivity index (χ2v) is 10.8. The first kappa shape index (κ1) is 24.2. The molecule has 7 rings (SSSR count). The summed E-state index contributed by atoms with van der Waals surface area (Å²) in [5, 5.41) is 9.31. The van der Waals surface area contributed by atoms with Crippen molar-refractivity contribution in [3.63, 3.8) is 0 Å². The molecule has 3 aromatic carbocycles. The largest absolute Gasteiger partial charge is 0.490 e. The average Bonchev–Trinajstić information content (AvgIpc) is 3.64. The van der Waals surface area contributed by atoms with E-state index >= 15 is 0 Å². The van der Waals surface area contributed by atoms with Crippen molar-refractivity contribution in [3.05, 3.63) is 133 Å². The van der Waals surface area contributed by atoms with Crippen molar-refractivity contribution in [2.75, 3.05) is 0 Å². The Morgan fingerprint density at radius 3 is 2.58 bits per heavy atom. The maximum Gasteiger partial charge on any atom is 0.296 e. The Balaban J connectivity index is 1.36. The first-order chi connectivity index (χ1) is 19.5. The van der Waals surface area contributed by atoms with Crippen LogP contribution >= 0.6 is 11.3 Å². The molecule has 0 fully saturated rings. The highest BCUT2D eigenvalue weighted by Crippen LogP contribution is 2.34. The second-order valence-electron chi connectivity index (χ2n) is 9.80. The van der Waals surface area contributed by atoms with E-state index in [0.717, 1.165) is 57.1 Å². The topological polar surface area (TPSA) is 91.4 Å². The van der Waals surface area contributed by atoms with E-state index in [1.54, 1.807) is 6.08 Å². The fraction of sp³-hybridized carbons (Fsp3) is 0.129. The van der Waals surface area contributed by atoms with Gasteiger partial charge in [-0.2, -0.15) is 19.7 Å². The number of nitrogens with zero attached hydrogens (tertiary/aromatic N) is 5. The molecule has 0 saturated carbocycles. The zero-order chi connectivity index (χ0) is 27.2.